The van der Waals surface area contributed by atoms with Crippen LogP contribution in [0.4, 0.5) is 16.2 Å². The lowest BCUT2D eigenvalue weighted by molar-refractivity contribution is -0.158. The SMILES string of the molecule is C[C@@H](Nc1nc(N2CC([C@H]3CCCN([C@H]4C[C@](C)(C(=O)O)C4)C3)C2)ncc1F)c1ccc(Cl)cc1Cl. The van der Waals surface area contributed by atoms with Gasteiger partial charge in [-0.05, 0) is 75.6 Å². The van der Waals surface area contributed by atoms with Crippen LogP contribution in [0.3, 0.4) is 0 Å². The zero-order valence-electron chi connectivity index (χ0n) is 20.6. The van der Waals surface area contributed by atoms with Crippen molar-refractivity contribution in [1.82, 2.24) is 14.9 Å². The molecule has 36 heavy (non-hydrogen) atoms. The lowest BCUT2D eigenvalue weighted by Gasteiger charge is -2.52. The first-order valence-electron chi connectivity index (χ1n) is 12.6. The summed E-state index contributed by atoms with van der Waals surface area (Å²) in [7, 11) is 0. The maximum atomic E-state index is 14.5. The Morgan fingerprint density at radius 3 is 2.69 bits per heavy atom. The molecule has 0 spiro atoms. The van der Waals surface area contributed by atoms with E-state index in [1.165, 1.54) is 12.6 Å². The molecule has 5 rings (SSSR count). The number of benzene rings is 1. The number of anilines is 2. The van der Waals surface area contributed by atoms with Crippen molar-refractivity contribution in [2.75, 3.05) is 36.4 Å². The van der Waals surface area contributed by atoms with Gasteiger partial charge in [-0.15, -0.1) is 0 Å². The maximum Gasteiger partial charge on any atom is 0.309 e. The minimum Gasteiger partial charge on any atom is -0.481 e. The Hall–Kier alpha value is -2.16. The molecule has 1 aromatic heterocycles. The van der Waals surface area contributed by atoms with Crippen LogP contribution >= 0.6 is 23.2 Å². The predicted molar refractivity (Wildman–Crippen MR) is 139 cm³/mol. The number of carboxylic acid groups (broad SMARTS) is 1. The van der Waals surface area contributed by atoms with Gasteiger partial charge in [-0.3, -0.25) is 4.79 Å². The van der Waals surface area contributed by atoms with Crippen LogP contribution in [-0.4, -0.2) is 58.2 Å². The molecular formula is C26H32Cl2FN5O2. The first kappa shape index (κ1) is 25.5. The van der Waals surface area contributed by atoms with Crippen LogP contribution in [0, 0.1) is 23.1 Å². The predicted octanol–water partition coefficient (Wildman–Crippen LogP) is 5.50. The molecule has 0 unspecified atom stereocenters. The summed E-state index contributed by atoms with van der Waals surface area (Å²) in [5.74, 6) is 0.600. The molecular weight excluding hydrogens is 504 g/mol. The monoisotopic (exact) mass is 535 g/mol. The van der Waals surface area contributed by atoms with Crippen LogP contribution in [0.2, 0.25) is 10.0 Å². The summed E-state index contributed by atoms with van der Waals surface area (Å²) in [5.41, 5.74) is 0.244. The molecule has 1 aromatic carbocycles. The van der Waals surface area contributed by atoms with Gasteiger partial charge in [0.05, 0.1) is 17.7 Å². The van der Waals surface area contributed by atoms with Gasteiger partial charge in [0.25, 0.3) is 0 Å². The molecule has 3 aliphatic rings. The average Bonchev–Trinajstić information content (AvgIpc) is 2.78. The molecule has 3 fully saturated rings. The number of hydrogen-bond donors (Lipinski definition) is 2. The van der Waals surface area contributed by atoms with Crippen LogP contribution in [0.1, 0.15) is 51.1 Å². The molecule has 2 aliphatic heterocycles. The van der Waals surface area contributed by atoms with Gasteiger partial charge >= 0.3 is 5.97 Å². The van der Waals surface area contributed by atoms with E-state index in [1.807, 2.05) is 19.9 Å². The summed E-state index contributed by atoms with van der Waals surface area (Å²) < 4.78 is 14.5. The second kappa shape index (κ2) is 9.95. The molecule has 1 aliphatic carbocycles. The quantitative estimate of drug-likeness (QED) is 0.484. The van der Waals surface area contributed by atoms with E-state index in [0.717, 1.165) is 51.0 Å². The van der Waals surface area contributed by atoms with Crippen LogP contribution in [0.25, 0.3) is 0 Å². The minimum atomic E-state index is -0.680. The fourth-order valence-electron chi connectivity index (χ4n) is 5.89. The number of rotatable bonds is 7. The molecule has 0 radical (unpaired) electrons. The number of aliphatic carboxylic acids is 1. The first-order chi connectivity index (χ1) is 17.1. The highest BCUT2D eigenvalue weighted by molar-refractivity contribution is 6.35. The van der Waals surface area contributed by atoms with Crippen molar-refractivity contribution in [3.8, 4) is 0 Å². The Morgan fingerprint density at radius 1 is 1.25 bits per heavy atom. The normalized spacial score (nSPS) is 27.8. The van der Waals surface area contributed by atoms with E-state index in [2.05, 4.69) is 25.1 Å². The van der Waals surface area contributed by atoms with E-state index in [1.54, 1.807) is 12.1 Å². The van der Waals surface area contributed by atoms with E-state index in [0.29, 0.717) is 33.9 Å². The third-order valence-corrected chi connectivity index (χ3v) is 8.83. The molecule has 7 nitrogen and oxygen atoms in total. The zero-order chi connectivity index (χ0) is 25.6. The molecule has 194 valence electrons. The standard InChI is InChI=1S/C26H32Cl2FN5O2/c1-15(20-6-5-18(27)8-21(20)28)31-23-22(29)11-30-25(32-23)34-13-17(14-34)16-4-3-7-33(12-16)19-9-26(2,10-19)24(35)36/h5-6,8,11,15-17,19H,3-4,7,9-10,12-14H2,1-2H3,(H,35,36)(H,30,31,32)/t15-,16+,19-,26-/m1/s1. The number of likely N-dealkylation sites (tertiary alicyclic amines) is 1. The highest BCUT2D eigenvalue weighted by atomic mass is 35.5. The van der Waals surface area contributed by atoms with Crippen LogP contribution < -0.4 is 10.2 Å². The fraction of sp³-hybridized carbons (Fsp3) is 0.577. The number of carbonyl (C=O) groups is 1. The van der Waals surface area contributed by atoms with Gasteiger partial charge in [-0.25, -0.2) is 9.37 Å². The number of halogens is 3. The summed E-state index contributed by atoms with van der Waals surface area (Å²) in [5, 5.41) is 13.6. The largest absolute Gasteiger partial charge is 0.481 e. The van der Waals surface area contributed by atoms with Gasteiger partial charge in [0.2, 0.25) is 5.95 Å². The Labute approximate surface area is 221 Å². The van der Waals surface area contributed by atoms with E-state index >= 15 is 0 Å². The zero-order valence-corrected chi connectivity index (χ0v) is 22.1. The second-order valence-electron chi connectivity index (χ2n) is 10.9. The van der Waals surface area contributed by atoms with Crippen molar-refractivity contribution < 1.29 is 14.3 Å². The van der Waals surface area contributed by atoms with Gasteiger partial charge < -0.3 is 20.2 Å². The molecule has 10 heteroatoms. The Kier molecular flexibility index (Phi) is 7.05. The molecule has 2 saturated heterocycles. The van der Waals surface area contributed by atoms with Crippen molar-refractivity contribution in [3.05, 3.63) is 45.8 Å². The number of nitrogens with zero attached hydrogens (tertiary/aromatic N) is 4. The summed E-state index contributed by atoms with van der Waals surface area (Å²) in [6.07, 6.45) is 5.03. The number of aromatic nitrogens is 2. The van der Waals surface area contributed by atoms with Crippen LogP contribution in [-0.2, 0) is 4.79 Å². The van der Waals surface area contributed by atoms with Crippen molar-refractivity contribution in [2.45, 2.75) is 51.6 Å². The van der Waals surface area contributed by atoms with Gasteiger partial charge in [-0.2, -0.15) is 4.98 Å². The van der Waals surface area contributed by atoms with Gasteiger partial charge in [0, 0.05) is 35.7 Å². The Morgan fingerprint density at radius 2 is 2.00 bits per heavy atom. The highest BCUT2D eigenvalue weighted by Crippen LogP contribution is 2.45. The van der Waals surface area contributed by atoms with E-state index < -0.39 is 17.2 Å². The smallest absolute Gasteiger partial charge is 0.309 e. The Balaban J connectivity index is 1.17. The van der Waals surface area contributed by atoms with E-state index in [-0.39, 0.29) is 11.9 Å². The number of hydrogen-bond acceptors (Lipinski definition) is 6. The highest BCUT2D eigenvalue weighted by Gasteiger charge is 2.49. The fourth-order valence-corrected chi connectivity index (χ4v) is 6.46. The van der Waals surface area contributed by atoms with E-state index in [4.69, 9.17) is 23.2 Å². The van der Waals surface area contributed by atoms with Crippen molar-refractivity contribution in [1.29, 1.82) is 0 Å². The van der Waals surface area contributed by atoms with Gasteiger partial charge in [0.15, 0.2) is 11.6 Å². The molecule has 1 saturated carbocycles. The molecule has 2 atom stereocenters. The van der Waals surface area contributed by atoms with Gasteiger partial charge in [0.1, 0.15) is 0 Å². The molecule has 0 bridgehead atoms. The number of piperidine rings is 1. The summed E-state index contributed by atoms with van der Waals surface area (Å²) in [4.78, 5) is 24.8. The molecule has 2 aromatic rings. The van der Waals surface area contributed by atoms with Crippen LogP contribution in [0.5, 0.6) is 0 Å². The summed E-state index contributed by atoms with van der Waals surface area (Å²) in [6.45, 7) is 7.52. The van der Waals surface area contributed by atoms with E-state index in [9.17, 15) is 14.3 Å². The number of carboxylic acids is 1. The number of nitrogens with one attached hydrogen (secondary N) is 1. The van der Waals surface area contributed by atoms with Crippen molar-refractivity contribution >= 4 is 40.9 Å². The molecule has 0 amide bonds. The minimum absolute atomic E-state index is 0.150. The third-order valence-electron chi connectivity index (χ3n) is 8.27. The van der Waals surface area contributed by atoms with Gasteiger partial charge in [-0.1, -0.05) is 29.3 Å². The first-order valence-corrected chi connectivity index (χ1v) is 13.3. The molecule has 3 heterocycles. The average molecular weight is 536 g/mol. The van der Waals surface area contributed by atoms with Crippen molar-refractivity contribution in [2.24, 2.45) is 17.3 Å². The lowest BCUT2D eigenvalue weighted by atomic mass is 9.65. The second-order valence-corrected chi connectivity index (χ2v) is 11.7. The Bertz CT molecular complexity index is 1140. The maximum absolute atomic E-state index is 14.5. The third kappa shape index (κ3) is 5.00. The summed E-state index contributed by atoms with van der Waals surface area (Å²) >= 11 is 12.3. The topological polar surface area (TPSA) is 81.6 Å². The summed E-state index contributed by atoms with van der Waals surface area (Å²) in [6, 6.07) is 5.36. The lowest BCUT2D eigenvalue weighted by Crippen LogP contribution is -2.58. The van der Waals surface area contributed by atoms with Crippen LogP contribution in [0.15, 0.2) is 24.4 Å². The van der Waals surface area contributed by atoms with Crippen molar-refractivity contribution in [3.63, 3.8) is 0 Å². The molecule has 2 N–H and O–H groups in total.